The van der Waals surface area contributed by atoms with Crippen LogP contribution in [0, 0.1) is 0 Å². The maximum Gasteiger partial charge on any atom is 0.387 e. The highest BCUT2D eigenvalue weighted by molar-refractivity contribution is 7.89. The summed E-state index contributed by atoms with van der Waals surface area (Å²) in [5.41, 5.74) is 0.113. The Balaban J connectivity index is 1.68. The van der Waals surface area contributed by atoms with Crippen molar-refractivity contribution in [2.45, 2.75) is 24.0 Å². The van der Waals surface area contributed by atoms with Crippen LogP contribution in [0.4, 0.5) is 8.78 Å². The van der Waals surface area contributed by atoms with Crippen molar-refractivity contribution in [3.63, 3.8) is 0 Å². The number of fused-ring (bicyclic) bond motifs is 3. The maximum atomic E-state index is 13.1. The van der Waals surface area contributed by atoms with Gasteiger partial charge in [-0.15, -0.1) is 0 Å². The average molecular weight is 409 g/mol. The molecule has 0 saturated carbocycles. The molecule has 1 unspecified atom stereocenters. The zero-order chi connectivity index (χ0) is 20.1. The molecule has 28 heavy (non-hydrogen) atoms. The van der Waals surface area contributed by atoms with Crippen LogP contribution in [-0.4, -0.2) is 54.8 Å². The predicted molar refractivity (Wildman–Crippen MR) is 94.5 cm³/mol. The van der Waals surface area contributed by atoms with Crippen molar-refractivity contribution in [2.24, 2.45) is 0 Å². The summed E-state index contributed by atoms with van der Waals surface area (Å²) < 4.78 is 56.7. The van der Waals surface area contributed by atoms with Crippen LogP contribution in [0.5, 0.6) is 5.75 Å². The summed E-state index contributed by atoms with van der Waals surface area (Å²) in [4.78, 5) is 18.4. The molecule has 0 aliphatic carbocycles. The van der Waals surface area contributed by atoms with Crippen LogP contribution in [0.15, 0.2) is 47.5 Å². The number of carbonyl (C=O) groups excluding carboxylic acids is 1. The Morgan fingerprint density at radius 2 is 2.00 bits per heavy atom. The van der Waals surface area contributed by atoms with E-state index in [1.54, 1.807) is 30.2 Å². The van der Waals surface area contributed by atoms with Gasteiger partial charge in [-0.2, -0.15) is 13.1 Å². The van der Waals surface area contributed by atoms with E-state index in [4.69, 9.17) is 0 Å². The van der Waals surface area contributed by atoms with E-state index in [2.05, 4.69) is 9.72 Å². The second kappa shape index (κ2) is 6.49. The highest BCUT2D eigenvalue weighted by Crippen LogP contribution is 2.41. The van der Waals surface area contributed by atoms with Crippen molar-refractivity contribution >= 4 is 15.9 Å². The standard InChI is InChI=1S/C18H17F2N3O4S/c1-18-11-22(8-9-23(18)16(24)14-6-3-7-21-15(14)18)28(25,26)13-5-2-4-12(10-13)27-17(19)20/h2-7,10,17H,8-9,11H2,1H3. The molecular formula is C18H17F2N3O4S. The average Bonchev–Trinajstić information content (AvgIpc) is 2.89. The molecule has 1 atom stereocenters. The monoisotopic (exact) mass is 409 g/mol. The maximum absolute atomic E-state index is 13.1. The molecule has 1 amide bonds. The van der Waals surface area contributed by atoms with Gasteiger partial charge in [-0.25, -0.2) is 8.42 Å². The number of halogens is 2. The van der Waals surface area contributed by atoms with Gasteiger partial charge >= 0.3 is 6.61 Å². The third kappa shape index (κ3) is 2.83. The second-order valence-electron chi connectivity index (χ2n) is 6.82. The number of amides is 1. The van der Waals surface area contributed by atoms with Gasteiger partial charge in [-0.3, -0.25) is 9.78 Å². The van der Waals surface area contributed by atoms with E-state index in [0.717, 1.165) is 6.07 Å². The van der Waals surface area contributed by atoms with Gasteiger partial charge in [0.25, 0.3) is 5.91 Å². The molecule has 4 rings (SSSR count). The van der Waals surface area contributed by atoms with Gasteiger partial charge in [0.2, 0.25) is 10.0 Å². The number of alkyl halides is 2. The van der Waals surface area contributed by atoms with E-state index in [0.29, 0.717) is 11.3 Å². The topological polar surface area (TPSA) is 79.8 Å². The molecule has 1 saturated heterocycles. The van der Waals surface area contributed by atoms with Crippen LogP contribution in [0.2, 0.25) is 0 Å². The van der Waals surface area contributed by atoms with Gasteiger partial charge in [0.1, 0.15) is 5.75 Å². The Bertz CT molecular complexity index is 1050. The SMILES string of the molecule is CC12CN(S(=O)(=O)c3cccc(OC(F)F)c3)CCN1C(=O)c1cccnc12. The minimum atomic E-state index is -3.97. The molecule has 10 heteroatoms. The van der Waals surface area contributed by atoms with E-state index in [9.17, 15) is 22.0 Å². The number of hydrogen-bond acceptors (Lipinski definition) is 5. The van der Waals surface area contributed by atoms with E-state index >= 15 is 0 Å². The van der Waals surface area contributed by atoms with Gasteiger partial charge in [0, 0.05) is 31.9 Å². The van der Waals surface area contributed by atoms with Crippen LogP contribution in [0.3, 0.4) is 0 Å². The van der Waals surface area contributed by atoms with Gasteiger partial charge in [-0.05, 0) is 31.2 Å². The summed E-state index contributed by atoms with van der Waals surface area (Å²) in [5.74, 6) is -0.404. The quantitative estimate of drug-likeness (QED) is 0.772. The Hall–Kier alpha value is -2.59. The Labute approximate surface area is 160 Å². The lowest BCUT2D eigenvalue weighted by molar-refractivity contribution is -0.0500. The Kier molecular flexibility index (Phi) is 4.35. The molecule has 1 fully saturated rings. The predicted octanol–water partition coefficient (Wildman–Crippen LogP) is 2.06. The number of hydrogen-bond donors (Lipinski definition) is 0. The highest BCUT2D eigenvalue weighted by Gasteiger charge is 2.52. The summed E-state index contributed by atoms with van der Waals surface area (Å²) >= 11 is 0. The summed E-state index contributed by atoms with van der Waals surface area (Å²) in [6.45, 7) is -0.949. The van der Waals surface area contributed by atoms with Crippen LogP contribution in [0.1, 0.15) is 23.0 Å². The molecular weight excluding hydrogens is 392 g/mol. The Morgan fingerprint density at radius 1 is 1.21 bits per heavy atom. The lowest BCUT2D eigenvalue weighted by Crippen LogP contribution is -2.58. The number of piperazine rings is 1. The molecule has 148 valence electrons. The molecule has 1 aromatic heterocycles. The molecule has 0 radical (unpaired) electrons. The molecule has 2 aliphatic heterocycles. The molecule has 7 nitrogen and oxygen atoms in total. The lowest BCUT2D eigenvalue weighted by atomic mass is 9.95. The van der Waals surface area contributed by atoms with Crippen LogP contribution in [-0.2, 0) is 15.6 Å². The minimum Gasteiger partial charge on any atom is -0.435 e. The fourth-order valence-electron chi connectivity index (χ4n) is 3.81. The van der Waals surface area contributed by atoms with E-state index < -0.39 is 22.2 Å². The third-order valence-electron chi connectivity index (χ3n) is 5.11. The molecule has 0 N–H and O–H groups in total. The zero-order valence-corrected chi connectivity index (χ0v) is 15.7. The lowest BCUT2D eigenvalue weighted by Gasteiger charge is -2.44. The van der Waals surface area contributed by atoms with Crippen LogP contribution < -0.4 is 4.74 Å². The zero-order valence-electron chi connectivity index (χ0n) is 14.9. The minimum absolute atomic E-state index is 0.0189. The third-order valence-corrected chi connectivity index (χ3v) is 6.96. The molecule has 2 aliphatic rings. The fraction of sp³-hybridized carbons (Fsp3) is 0.333. The summed E-state index contributed by atoms with van der Waals surface area (Å²) in [6, 6.07) is 8.36. The molecule has 0 bridgehead atoms. The van der Waals surface area contributed by atoms with Crippen LogP contribution >= 0.6 is 0 Å². The van der Waals surface area contributed by atoms with Crippen molar-refractivity contribution < 1.29 is 26.7 Å². The van der Waals surface area contributed by atoms with Crippen molar-refractivity contribution in [3.05, 3.63) is 53.9 Å². The number of pyridine rings is 1. The number of rotatable bonds is 4. The smallest absolute Gasteiger partial charge is 0.387 e. The normalized spacial score (nSPS) is 22.3. The molecule has 3 heterocycles. The van der Waals surface area contributed by atoms with Gasteiger partial charge in [0.05, 0.1) is 21.7 Å². The first kappa shape index (κ1) is 18.8. The van der Waals surface area contributed by atoms with Gasteiger partial charge < -0.3 is 9.64 Å². The number of benzene rings is 1. The summed E-state index contributed by atoms with van der Waals surface area (Å²) in [6.07, 6.45) is 1.57. The first-order chi connectivity index (χ1) is 13.2. The molecule has 2 aromatic rings. The number of nitrogens with zero attached hydrogens (tertiary/aromatic N) is 3. The van der Waals surface area contributed by atoms with Crippen molar-refractivity contribution in [2.75, 3.05) is 19.6 Å². The first-order valence-corrected chi connectivity index (χ1v) is 10.00. The Morgan fingerprint density at radius 3 is 2.75 bits per heavy atom. The van der Waals surface area contributed by atoms with Crippen molar-refractivity contribution in [3.8, 4) is 5.75 Å². The fourth-order valence-corrected chi connectivity index (χ4v) is 5.37. The van der Waals surface area contributed by atoms with Crippen molar-refractivity contribution in [1.82, 2.24) is 14.2 Å². The number of carbonyl (C=O) groups is 1. The number of sulfonamides is 1. The largest absolute Gasteiger partial charge is 0.435 e. The van der Waals surface area contributed by atoms with Gasteiger partial charge in [-0.1, -0.05) is 6.07 Å². The summed E-state index contributed by atoms with van der Waals surface area (Å²) in [5, 5.41) is 0. The van der Waals surface area contributed by atoms with E-state index in [1.807, 2.05) is 0 Å². The van der Waals surface area contributed by atoms with Crippen molar-refractivity contribution in [1.29, 1.82) is 0 Å². The second-order valence-corrected chi connectivity index (χ2v) is 8.76. The molecule has 0 spiro atoms. The van der Waals surface area contributed by atoms with E-state index in [1.165, 1.54) is 22.5 Å². The van der Waals surface area contributed by atoms with Crippen LogP contribution in [0.25, 0.3) is 0 Å². The van der Waals surface area contributed by atoms with Gasteiger partial charge in [0.15, 0.2) is 0 Å². The first-order valence-electron chi connectivity index (χ1n) is 8.56. The summed E-state index contributed by atoms with van der Waals surface area (Å²) in [7, 11) is -3.97. The highest BCUT2D eigenvalue weighted by atomic mass is 32.2. The van der Waals surface area contributed by atoms with E-state index in [-0.39, 0.29) is 36.2 Å². The number of aromatic nitrogens is 1. The molecule has 1 aromatic carbocycles. The number of ether oxygens (including phenoxy) is 1.